The van der Waals surface area contributed by atoms with Crippen LogP contribution in [0.25, 0.3) is 0 Å². The van der Waals surface area contributed by atoms with Crippen molar-refractivity contribution in [3.63, 3.8) is 0 Å². The van der Waals surface area contributed by atoms with Crippen LogP contribution in [0.15, 0.2) is 24.3 Å². The quantitative estimate of drug-likeness (QED) is 0.738. The number of hydrogen-bond donors (Lipinski definition) is 1. The molecule has 0 aliphatic carbocycles. The predicted molar refractivity (Wildman–Crippen MR) is 63.7 cm³/mol. The van der Waals surface area contributed by atoms with Crippen molar-refractivity contribution in [2.45, 2.75) is 27.3 Å². The molecule has 2 heteroatoms. The van der Waals surface area contributed by atoms with E-state index in [1.807, 2.05) is 12.1 Å². The Morgan fingerprint density at radius 1 is 0.933 bits per heavy atom. The first-order chi connectivity index (χ1) is 7.15. The highest BCUT2D eigenvalue weighted by Crippen LogP contribution is 2.16. The van der Waals surface area contributed by atoms with Gasteiger partial charge in [0.15, 0.2) is 0 Å². The number of aromatic hydroxyl groups is 1. The number of nitrogens with zero attached hydrogens (tertiary/aromatic N) is 1. The normalized spacial score (nSPS) is 11.7. The molecule has 0 aliphatic rings. The van der Waals surface area contributed by atoms with E-state index in [2.05, 4.69) is 20.8 Å². The second-order valence-electron chi connectivity index (χ2n) is 4.11. The standard InChI is InChI=1S/C13H21NO/c1-4-14(5-2,6-3)11-12-7-9-13(15)10-8-12/h7-10H,4-6,11H2,1-3H3/p+1. The fraction of sp³-hybridized carbons (Fsp3) is 0.538. The third kappa shape index (κ3) is 2.96. The third-order valence-electron chi connectivity index (χ3n) is 3.47. The highest BCUT2D eigenvalue weighted by Gasteiger charge is 2.20. The molecule has 0 fully saturated rings. The van der Waals surface area contributed by atoms with Crippen LogP contribution in [-0.2, 0) is 6.54 Å². The highest BCUT2D eigenvalue weighted by atomic mass is 16.3. The summed E-state index contributed by atoms with van der Waals surface area (Å²) in [6, 6.07) is 7.57. The van der Waals surface area contributed by atoms with Crippen molar-refractivity contribution in [3.05, 3.63) is 29.8 Å². The number of rotatable bonds is 5. The predicted octanol–water partition coefficient (Wildman–Crippen LogP) is 2.77. The van der Waals surface area contributed by atoms with Gasteiger partial charge >= 0.3 is 0 Å². The molecule has 1 aromatic rings. The van der Waals surface area contributed by atoms with Gasteiger partial charge < -0.3 is 9.59 Å². The van der Waals surface area contributed by atoms with Crippen LogP contribution in [0.2, 0.25) is 0 Å². The Labute approximate surface area is 92.8 Å². The van der Waals surface area contributed by atoms with Crippen molar-refractivity contribution in [3.8, 4) is 5.75 Å². The van der Waals surface area contributed by atoms with Crippen LogP contribution in [0.1, 0.15) is 26.3 Å². The second-order valence-corrected chi connectivity index (χ2v) is 4.11. The SMILES string of the molecule is CC[N+](CC)(CC)Cc1ccc(O)cc1. The highest BCUT2D eigenvalue weighted by molar-refractivity contribution is 5.25. The van der Waals surface area contributed by atoms with E-state index in [0.29, 0.717) is 5.75 Å². The van der Waals surface area contributed by atoms with Gasteiger partial charge in [0.25, 0.3) is 0 Å². The van der Waals surface area contributed by atoms with Crippen LogP contribution in [0, 0.1) is 0 Å². The fourth-order valence-corrected chi connectivity index (χ4v) is 1.99. The molecule has 0 aliphatic heterocycles. The van der Waals surface area contributed by atoms with E-state index >= 15 is 0 Å². The third-order valence-corrected chi connectivity index (χ3v) is 3.47. The van der Waals surface area contributed by atoms with Crippen molar-refractivity contribution in [1.82, 2.24) is 0 Å². The van der Waals surface area contributed by atoms with Crippen molar-refractivity contribution in [2.24, 2.45) is 0 Å². The summed E-state index contributed by atoms with van der Waals surface area (Å²) < 4.78 is 1.12. The summed E-state index contributed by atoms with van der Waals surface area (Å²) in [5.41, 5.74) is 1.30. The average molecular weight is 208 g/mol. The second kappa shape index (κ2) is 5.17. The summed E-state index contributed by atoms with van der Waals surface area (Å²) in [5, 5.41) is 9.22. The van der Waals surface area contributed by atoms with Crippen LogP contribution >= 0.6 is 0 Å². The molecule has 1 N–H and O–H groups in total. The lowest BCUT2D eigenvalue weighted by Gasteiger charge is -2.35. The Kier molecular flexibility index (Phi) is 4.15. The minimum absolute atomic E-state index is 0.348. The van der Waals surface area contributed by atoms with Crippen molar-refractivity contribution < 1.29 is 9.59 Å². The molecule has 0 radical (unpaired) electrons. The topological polar surface area (TPSA) is 20.2 Å². The molecule has 0 unspecified atom stereocenters. The first-order valence-electron chi connectivity index (χ1n) is 5.78. The molecule has 1 rings (SSSR count). The molecule has 0 atom stereocenters. The Morgan fingerprint density at radius 3 is 1.80 bits per heavy atom. The summed E-state index contributed by atoms with van der Waals surface area (Å²) >= 11 is 0. The molecule has 0 bridgehead atoms. The smallest absolute Gasteiger partial charge is 0.115 e. The van der Waals surface area contributed by atoms with Gasteiger partial charge in [-0.25, -0.2) is 0 Å². The minimum atomic E-state index is 0.348. The zero-order chi connectivity index (χ0) is 11.3. The van der Waals surface area contributed by atoms with E-state index in [9.17, 15) is 5.11 Å². The molecule has 0 amide bonds. The molecule has 0 saturated carbocycles. The number of benzene rings is 1. The number of phenols is 1. The van der Waals surface area contributed by atoms with Crippen LogP contribution in [-0.4, -0.2) is 29.2 Å². The van der Waals surface area contributed by atoms with Gasteiger partial charge in [0, 0.05) is 5.56 Å². The Morgan fingerprint density at radius 2 is 1.40 bits per heavy atom. The van der Waals surface area contributed by atoms with Gasteiger partial charge in [-0.3, -0.25) is 0 Å². The van der Waals surface area contributed by atoms with Crippen LogP contribution in [0.4, 0.5) is 0 Å². The van der Waals surface area contributed by atoms with E-state index in [-0.39, 0.29) is 0 Å². The maximum Gasteiger partial charge on any atom is 0.115 e. The average Bonchev–Trinajstić information content (AvgIpc) is 2.29. The zero-order valence-electron chi connectivity index (χ0n) is 10.0. The lowest BCUT2D eigenvalue weighted by atomic mass is 10.1. The summed E-state index contributed by atoms with van der Waals surface area (Å²) in [6.45, 7) is 11.3. The maximum atomic E-state index is 9.22. The fourth-order valence-electron chi connectivity index (χ4n) is 1.99. The van der Waals surface area contributed by atoms with Crippen LogP contribution in [0.3, 0.4) is 0 Å². The van der Waals surface area contributed by atoms with E-state index in [0.717, 1.165) is 30.7 Å². The first kappa shape index (κ1) is 12.1. The summed E-state index contributed by atoms with van der Waals surface area (Å²) in [4.78, 5) is 0. The minimum Gasteiger partial charge on any atom is -0.508 e. The van der Waals surface area contributed by atoms with Gasteiger partial charge in [-0.15, -0.1) is 0 Å². The Balaban J connectivity index is 2.78. The molecule has 84 valence electrons. The Hall–Kier alpha value is -1.02. The maximum absolute atomic E-state index is 9.22. The molecule has 0 aromatic heterocycles. The van der Waals surface area contributed by atoms with E-state index in [1.54, 1.807) is 12.1 Å². The van der Waals surface area contributed by atoms with Gasteiger partial charge in [-0.05, 0) is 45.0 Å². The van der Waals surface area contributed by atoms with Crippen LogP contribution in [0.5, 0.6) is 5.75 Å². The first-order valence-corrected chi connectivity index (χ1v) is 5.78. The van der Waals surface area contributed by atoms with Gasteiger partial charge in [0.2, 0.25) is 0 Å². The van der Waals surface area contributed by atoms with Crippen molar-refractivity contribution in [1.29, 1.82) is 0 Å². The van der Waals surface area contributed by atoms with Crippen LogP contribution < -0.4 is 0 Å². The summed E-state index contributed by atoms with van der Waals surface area (Å²) in [7, 11) is 0. The number of quaternary nitrogens is 1. The molecular weight excluding hydrogens is 186 g/mol. The molecular formula is C13H22NO+. The zero-order valence-corrected chi connectivity index (χ0v) is 10.0. The van der Waals surface area contributed by atoms with E-state index < -0.39 is 0 Å². The van der Waals surface area contributed by atoms with Crippen molar-refractivity contribution in [2.75, 3.05) is 19.6 Å². The van der Waals surface area contributed by atoms with Gasteiger partial charge in [0.1, 0.15) is 12.3 Å². The molecule has 0 heterocycles. The summed E-state index contributed by atoms with van der Waals surface area (Å²) in [5.74, 6) is 0.348. The molecule has 0 spiro atoms. The Bertz CT molecular complexity index is 280. The molecule has 1 aromatic carbocycles. The van der Waals surface area contributed by atoms with Gasteiger partial charge in [-0.1, -0.05) is 0 Å². The van der Waals surface area contributed by atoms with Gasteiger partial charge in [0.05, 0.1) is 19.6 Å². The molecule has 0 saturated heterocycles. The largest absolute Gasteiger partial charge is 0.508 e. The number of phenolic OH excluding ortho intramolecular Hbond substituents is 1. The van der Waals surface area contributed by atoms with Crippen molar-refractivity contribution >= 4 is 0 Å². The lowest BCUT2D eigenvalue weighted by Crippen LogP contribution is -2.46. The summed E-state index contributed by atoms with van der Waals surface area (Å²) in [6.07, 6.45) is 0. The lowest BCUT2D eigenvalue weighted by molar-refractivity contribution is -0.936. The molecule has 2 nitrogen and oxygen atoms in total. The monoisotopic (exact) mass is 208 g/mol. The van der Waals surface area contributed by atoms with Gasteiger partial charge in [-0.2, -0.15) is 0 Å². The van der Waals surface area contributed by atoms with E-state index in [4.69, 9.17) is 0 Å². The molecule has 15 heavy (non-hydrogen) atoms. The van der Waals surface area contributed by atoms with E-state index in [1.165, 1.54) is 5.56 Å². The number of hydrogen-bond acceptors (Lipinski definition) is 1.